The van der Waals surface area contributed by atoms with Crippen molar-refractivity contribution in [1.29, 1.82) is 0 Å². The summed E-state index contributed by atoms with van der Waals surface area (Å²) in [5.41, 5.74) is 0.918. The SMILES string of the molecule is CN(C(=O)CN1CCNCC1c1nccn1C)c1ccccc1. The van der Waals surface area contributed by atoms with Crippen LogP contribution in [0.3, 0.4) is 0 Å². The van der Waals surface area contributed by atoms with E-state index in [9.17, 15) is 4.79 Å². The fraction of sp³-hybridized carbons (Fsp3) is 0.412. The lowest BCUT2D eigenvalue weighted by atomic mass is 10.1. The number of likely N-dealkylation sites (N-methyl/N-ethyl adjacent to an activating group) is 1. The average molecular weight is 313 g/mol. The Morgan fingerprint density at radius 2 is 2.17 bits per heavy atom. The number of carbonyl (C=O) groups excluding carboxylic acids is 1. The second-order valence-corrected chi connectivity index (χ2v) is 5.88. The van der Waals surface area contributed by atoms with Gasteiger partial charge in [-0.05, 0) is 12.1 Å². The number of amides is 1. The maximum absolute atomic E-state index is 12.6. The number of piperazine rings is 1. The number of aryl methyl sites for hydroxylation is 1. The van der Waals surface area contributed by atoms with Crippen LogP contribution in [-0.2, 0) is 11.8 Å². The predicted octanol–water partition coefficient (Wildman–Crippen LogP) is 1.03. The molecular formula is C17H23N5O. The zero-order valence-corrected chi connectivity index (χ0v) is 13.6. The molecule has 2 aromatic rings. The van der Waals surface area contributed by atoms with Crippen LogP contribution in [0.5, 0.6) is 0 Å². The van der Waals surface area contributed by atoms with Crippen molar-refractivity contribution >= 4 is 11.6 Å². The first-order valence-corrected chi connectivity index (χ1v) is 7.90. The molecule has 6 heteroatoms. The van der Waals surface area contributed by atoms with Crippen molar-refractivity contribution in [2.24, 2.45) is 7.05 Å². The fourth-order valence-electron chi connectivity index (χ4n) is 2.96. The molecule has 0 radical (unpaired) electrons. The average Bonchev–Trinajstić information content (AvgIpc) is 3.01. The Morgan fingerprint density at radius 3 is 2.87 bits per heavy atom. The molecule has 1 aliphatic rings. The Bertz CT molecular complexity index is 654. The predicted molar refractivity (Wildman–Crippen MR) is 90.2 cm³/mol. The lowest BCUT2D eigenvalue weighted by molar-refractivity contribution is -0.120. The molecule has 6 nitrogen and oxygen atoms in total. The van der Waals surface area contributed by atoms with E-state index in [1.807, 2.05) is 55.2 Å². The highest BCUT2D eigenvalue weighted by atomic mass is 16.2. The first kappa shape index (κ1) is 15.7. The van der Waals surface area contributed by atoms with Gasteiger partial charge in [0, 0.05) is 51.8 Å². The Hall–Kier alpha value is -2.18. The van der Waals surface area contributed by atoms with Gasteiger partial charge in [-0.1, -0.05) is 18.2 Å². The first-order chi connectivity index (χ1) is 11.2. The number of hydrogen-bond acceptors (Lipinski definition) is 4. The summed E-state index contributed by atoms with van der Waals surface area (Å²) in [5.74, 6) is 1.09. The van der Waals surface area contributed by atoms with Gasteiger partial charge in [0.2, 0.25) is 5.91 Å². The molecule has 3 rings (SSSR count). The standard InChI is InChI=1S/C17H23N5O/c1-20-10-9-19-17(20)15-12-18-8-11-22(15)13-16(23)21(2)14-6-4-3-5-7-14/h3-7,9-10,15,18H,8,11-13H2,1-2H3. The zero-order valence-electron chi connectivity index (χ0n) is 13.6. The summed E-state index contributed by atoms with van der Waals surface area (Å²) < 4.78 is 2.02. The van der Waals surface area contributed by atoms with Gasteiger partial charge in [-0.3, -0.25) is 9.69 Å². The minimum atomic E-state index is 0.0947. The van der Waals surface area contributed by atoms with Gasteiger partial charge < -0.3 is 14.8 Å². The van der Waals surface area contributed by atoms with Crippen molar-refractivity contribution in [3.05, 3.63) is 48.5 Å². The molecule has 0 saturated carbocycles. The van der Waals surface area contributed by atoms with E-state index in [1.54, 1.807) is 11.1 Å². The first-order valence-electron chi connectivity index (χ1n) is 7.90. The summed E-state index contributed by atoms with van der Waals surface area (Å²) in [6.07, 6.45) is 3.75. The van der Waals surface area contributed by atoms with Crippen LogP contribution in [0.2, 0.25) is 0 Å². The highest BCUT2D eigenvalue weighted by molar-refractivity contribution is 5.94. The van der Waals surface area contributed by atoms with Crippen molar-refractivity contribution in [3.63, 3.8) is 0 Å². The molecule has 0 spiro atoms. The third-order valence-electron chi connectivity index (χ3n) is 4.37. The number of nitrogens with zero attached hydrogens (tertiary/aromatic N) is 4. The van der Waals surface area contributed by atoms with E-state index >= 15 is 0 Å². The summed E-state index contributed by atoms with van der Waals surface area (Å²) in [6, 6.07) is 9.87. The molecule has 0 bridgehead atoms. The molecule has 1 aromatic carbocycles. The van der Waals surface area contributed by atoms with Crippen molar-refractivity contribution < 1.29 is 4.79 Å². The van der Waals surface area contributed by atoms with Crippen LogP contribution in [0.25, 0.3) is 0 Å². The Balaban J connectivity index is 1.72. The minimum absolute atomic E-state index is 0.0947. The number of benzene rings is 1. The summed E-state index contributed by atoms with van der Waals surface area (Å²) in [7, 11) is 3.82. The van der Waals surface area contributed by atoms with Crippen molar-refractivity contribution in [3.8, 4) is 0 Å². The number of imidazole rings is 1. The molecule has 1 fully saturated rings. The third-order valence-corrected chi connectivity index (χ3v) is 4.37. The molecule has 2 heterocycles. The lowest BCUT2D eigenvalue weighted by Crippen LogP contribution is -2.50. The van der Waals surface area contributed by atoms with Crippen LogP contribution >= 0.6 is 0 Å². The molecule has 1 amide bonds. The van der Waals surface area contributed by atoms with Crippen molar-refractivity contribution in [2.45, 2.75) is 6.04 Å². The second kappa shape index (κ2) is 6.93. The number of nitrogens with one attached hydrogen (secondary N) is 1. The normalized spacial score (nSPS) is 18.8. The van der Waals surface area contributed by atoms with Gasteiger partial charge in [-0.25, -0.2) is 4.98 Å². The molecule has 1 unspecified atom stereocenters. The van der Waals surface area contributed by atoms with E-state index in [2.05, 4.69) is 15.2 Å². The Morgan fingerprint density at radius 1 is 1.39 bits per heavy atom. The van der Waals surface area contributed by atoms with E-state index in [1.165, 1.54) is 0 Å². The number of aromatic nitrogens is 2. The molecule has 23 heavy (non-hydrogen) atoms. The smallest absolute Gasteiger partial charge is 0.240 e. The second-order valence-electron chi connectivity index (χ2n) is 5.88. The summed E-state index contributed by atoms with van der Waals surface area (Å²) >= 11 is 0. The van der Waals surface area contributed by atoms with Crippen LogP contribution in [-0.4, -0.2) is 53.6 Å². The van der Waals surface area contributed by atoms with Crippen LogP contribution < -0.4 is 10.2 Å². The van der Waals surface area contributed by atoms with E-state index in [0.717, 1.165) is 31.1 Å². The summed E-state index contributed by atoms with van der Waals surface area (Å²) in [4.78, 5) is 21.0. The van der Waals surface area contributed by atoms with Gasteiger partial charge in [0.15, 0.2) is 0 Å². The maximum atomic E-state index is 12.6. The molecule has 1 aliphatic heterocycles. The minimum Gasteiger partial charge on any atom is -0.337 e. The summed E-state index contributed by atoms with van der Waals surface area (Å²) in [6.45, 7) is 2.94. The van der Waals surface area contributed by atoms with E-state index in [-0.39, 0.29) is 11.9 Å². The van der Waals surface area contributed by atoms with Gasteiger partial charge in [0.25, 0.3) is 0 Å². The highest BCUT2D eigenvalue weighted by Gasteiger charge is 2.29. The third kappa shape index (κ3) is 3.43. The largest absolute Gasteiger partial charge is 0.337 e. The number of rotatable bonds is 4. The number of hydrogen-bond donors (Lipinski definition) is 1. The lowest BCUT2D eigenvalue weighted by Gasteiger charge is -2.36. The van der Waals surface area contributed by atoms with Crippen molar-refractivity contribution in [1.82, 2.24) is 19.8 Å². The van der Waals surface area contributed by atoms with E-state index in [0.29, 0.717) is 6.54 Å². The Labute approximate surface area is 136 Å². The van der Waals surface area contributed by atoms with Crippen molar-refractivity contribution in [2.75, 3.05) is 38.1 Å². The van der Waals surface area contributed by atoms with Crippen LogP contribution in [0.1, 0.15) is 11.9 Å². The molecular weight excluding hydrogens is 290 g/mol. The molecule has 1 aromatic heterocycles. The summed E-state index contributed by atoms with van der Waals surface area (Å²) in [5, 5.41) is 3.39. The monoisotopic (exact) mass is 313 g/mol. The van der Waals surface area contributed by atoms with Crippen LogP contribution in [0, 0.1) is 0 Å². The molecule has 1 atom stereocenters. The molecule has 1 N–H and O–H groups in total. The van der Waals surface area contributed by atoms with Crippen LogP contribution in [0.15, 0.2) is 42.7 Å². The fourth-order valence-corrected chi connectivity index (χ4v) is 2.96. The molecule has 1 saturated heterocycles. The highest BCUT2D eigenvalue weighted by Crippen LogP contribution is 2.21. The van der Waals surface area contributed by atoms with Gasteiger partial charge in [0.1, 0.15) is 5.82 Å². The maximum Gasteiger partial charge on any atom is 0.240 e. The number of anilines is 1. The van der Waals surface area contributed by atoms with Gasteiger partial charge in [0.05, 0.1) is 12.6 Å². The zero-order chi connectivity index (χ0) is 16.2. The van der Waals surface area contributed by atoms with E-state index < -0.39 is 0 Å². The van der Waals surface area contributed by atoms with Gasteiger partial charge >= 0.3 is 0 Å². The quantitative estimate of drug-likeness (QED) is 0.916. The topological polar surface area (TPSA) is 53.4 Å². The molecule has 122 valence electrons. The number of para-hydroxylation sites is 1. The van der Waals surface area contributed by atoms with Gasteiger partial charge in [-0.2, -0.15) is 0 Å². The molecule has 0 aliphatic carbocycles. The number of carbonyl (C=O) groups is 1. The van der Waals surface area contributed by atoms with E-state index in [4.69, 9.17) is 0 Å². The van der Waals surface area contributed by atoms with Crippen LogP contribution in [0.4, 0.5) is 5.69 Å². The Kier molecular flexibility index (Phi) is 4.73. The van der Waals surface area contributed by atoms with Gasteiger partial charge in [-0.15, -0.1) is 0 Å².